The van der Waals surface area contributed by atoms with Gasteiger partial charge in [-0.3, -0.25) is 4.79 Å². The van der Waals surface area contributed by atoms with Crippen LogP contribution in [-0.4, -0.2) is 15.9 Å². The molecule has 0 radical (unpaired) electrons. The Balaban J connectivity index is 2.38. The monoisotopic (exact) mass is 330 g/mol. The standard InChI is InChI=1S/C17H12Cl2N2O/c1-3-15-11(9-22)4-5-16-17(10(2)20-21(15)16)12-6-13(18)8-14(19)7-12/h3-9H,1H2,2H3. The number of pyridine rings is 1. The highest BCUT2D eigenvalue weighted by atomic mass is 35.5. The average molecular weight is 331 g/mol. The number of nitrogens with zero attached hydrogens (tertiary/aromatic N) is 2. The molecule has 110 valence electrons. The zero-order valence-corrected chi connectivity index (χ0v) is 13.3. The van der Waals surface area contributed by atoms with Gasteiger partial charge in [0, 0.05) is 21.2 Å². The van der Waals surface area contributed by atoms with Crippen LogP contribution in [0, 0.1) is 6.92 Å². The molecular weight excluding hydrogens is 319 g/mol. The number of aromatic nitrogens is 2. The van der Waals surface area contributed by atoms with Crippen LogP contribution in [0.2, 0.25) is 10.0 Å². The van der Waals surface area contributed by atoms with Crippen molar-refractivity contribution >= 4 is 41.1 Å². The third-order valence-corrected chi connectivity index (χ3v) is 3.95. The van der Waals surface area contributed by atoms with Crippen molar-refractivity contribution in [1.29, 1.82) is 0 Å². The molecule has 0 saturated heterocycles. The molecule has 0 atom stereocenters. The summed E-state index contributed by atoms with van der Waals surface area (Å²) in [6.45, 7) is 5.67. The van der Waals surface area contributed by atoms with Gasteiger partial charge in [0.1, 0.15) is 0 Å². The Hall–Kier alpha value is -2.10. The number of fused-ring (bicyclic) bond motifs is 1. The topological polar surface area (TPSA) is 34.4 Å². The first-order valence-corrected chi connectivity index (χ1v) is 7.37. The highest BCUT2D eigenvalue weighted by molar-refractivity contribution is 6.35. The highest BCUT2D eigenvalue weighted by Gasteiger charge is 2.15. The summed E-state index contributed by atoms with van der Waals surface area (Å²) in [5.41, 5.74) is 4.72. The Kier molecular flexibility index (Phi) is 3.77. The molecule has 3 nitrogen and oxygen atoms in total. The van der Waals surface area contributed by atoms with Crippen molar-refractivity contribution in [3.63, 3.8) is 0 Å². The number of halogens is 2. The summed E-state index contributed by atoms with van der Waals surface area (Å²) < 4.78 is 1.72. The Morgan fingerprint density at radius 1 is 1.18 bits per heavy atom. The Morgan fingerprint density at radius 3 is 2.45 bits per heavy atom. The molecule has 3 aromatic rings. The summed E-state index contributed by atoms with van der Waals surface area (Å²) in [7, 11) is 0. The van der Waals surface area contributed by atoms with E-state index in [1.165, 1.54) is 0 Å². The molecule has 2 heterocycles. The number of hydrogen-bond acceptors (Lipinski definition) is 2. The lowest BCUT2D eigenvalue weighted by Gasteiger charge is -2.05. The third-order valence-electron chi connectivity index (χ3n) is 3.51. The van der Waals surface area contributed by atoms with Crippen molar-refractivity contribution in [2.75, 3.05) is 0 Å². The lowest BCUT2D eigenvalue weighted by atomic mass is 10.0. The van der Waals surface area contributed by atoms with Crippen LogP contribution in [-0.2, 0) is 0 Å². The maximum absolute atomic E-state index is 11.2. The lowest BCUT2D eigenvalue weighted by Crippen LogP contribution is -1.98. The quantitative estimate of drug-likeness (QED) is 0.628. The van der Waals surface area contributed by atoms with E-state index in [0.717, 1.165) is 28.6 Å². The van der Waals surface area contributed by atoms with Gasteiger partial charge in [0.15, 0.2) is 6.29 Å². The van der Waals surface area contributed by atoms with Crippen molar-refractivity contribution in [3.8, 4) is 11.1 Å². The second-order valence-corrected chi connectivity index (χ2v) is 5.78. The molecule has 0 aliphatic carbocycles. The molecule has 0 spiro atoms. The Morgan fingerprint density at radius 2 is 1.86 bits per heavy atom. The minimum absolute atomic E-state index is 0.542. The van der Waals surface area contributed by atoms with Crippen molar-refractivity contribution in [2.45, 2.75) is 6.92 Å². The first kappa shape index (κ1) is 14.8. The molecule has 0 N–H and O–H groups in total. The fourth-order valence-corrected chi connectivity index (χ4v) is 3.14. The van der Waals surface area contributed by atoms with Gasteiger partial charge in [-0.2, -0.15) is 5.10 Å². The number of carbonyl (C=O) groups excluding carboxylic acids is 1. The number of carbonyl (C=O) groups is 1. The van der Waals surface area contributed by atoms with Gasteiger partial charge in [-0.1, -0.05) is 29.8 Å². The van der Waals surface area contributed by atoms with E-state index in [0.29, 0.717) is 21.3 Å². The van der Waals surface area contributed by atoms with Crippen molar-refractivity contribution in [3.05, 3.63) is 63.9 Å². The minimum atomic E-state index is 0.542. The number of rotatable bonds is 3. The van der Waals surface area contributed by atoms with E-state index in [1.807, 2.05) is 25.1 Å². The van der Waals surface area contributed by atoms with Gasteiger partial charge in [0.05, 0.1) is 16.9 Å². The molecule has 0 fully saturated rings. The third kappa shape index (κ3) is 2.32. The summed E-state index contributed by atoms with van der Waals surface area (Å²) in [6, 6.07) is 9.00. The summed E-state index contributed by atoms with van der Waals surface area (Å²) in [6.07, 6.45) is 2.42. The molecule has 0 unspecified atom stereocenters. The molecule has 0 saturated carbocycles. The van der Waals surface area contributed by atoms with Gasteiger partial charge in [-0.25, -0.2) is 4.52 Å². The van der Waals surface area contributed by atoms with E-state index < -0.39 is 0 Å². The first-order chi connectivity index (χ1) is 10.5. The fraction of sp³-hybridized carbons (Fsp3) is 0.0588. The molecular formula is C17H12Cl2N2O. The number of aryl methyl sites for hydroxylation is 1. The molecule has 2 aromatic heterocycles. The minimum Gasteiger partial charge on any atom is -0.298 e. The fourth-order valence-electron chi connectivity index (χ4n) is 2.62. The van der Waals surface area contributed by atoms with Gasteiger partial charge in [0.25, 0.3) is 0 Å². The Bertz CT molecular complexity index is 892. The zero-order valence-electron chi connectivity index (χ0n) is 11.8. The van der Waals surface area contributed by atoms with Crippen LogP contribution in [0.4, 0.5) is 0 Å². The number of aldehydes is 1. The van der Waals surface area contributed by atoms with Crippen molar-refractivity contribution < 1.29 is 4.79 Å². The maximum atomic E-state index is 11.2. The lowest BCUT2D eigenvalue weighted by molar-refractivity contribution is 0.112. The van der Waals surface area contributed by atoms with E-state index in [-0.39, 0.29) is 0 Å². The maximum Gasteiger partial charge on any atom is 0.152 e. The molecule has 1 aromatic carbocycles. The van der Waals surface area contributed by atoms with Gasteiger partial charge in [-0.15, -0.1) is 0 Å². The first-order valence-electron chi connectivity index (χ1n) is 6.61. The van der Waals surface area contributed by atoms with Gasteiger partial charge < -0.3 is 0 Å². The van der Waals surface area contributed by atoms with Crippen LogP contribution in [0.15, 0.2) is 36.9 Å². The molecule has 0 aliphatic heterocycles. The molecule has 3 rings (SSSR count). The molecule has 22 heavy (non-hydrogen) atoms. The van der Waals surface area contributed by atoms with Gasteiger partial charge in [-0.05, 0) is 48.9 Å². The summed E-state index contributed by atoms with van der Waals surface area (Å²) in [5.74, 6) is 0. The normalized spacial score (nSPS) is 10.9. The van der Waals surface area contributed by atoms with E-state index in [9.17, 15) is 4.79 Å². The van der Waals surface area contributed by atoms with E-state index in [4.69, 9.17) is 23.2 Å². The predicted molar refractivity (Wildman–Crippen MR) is 90.9 cm³/mol. The van der Waals surface area contributed by atoms with Crippen molar-refractivity contribution in [2.24, 2.45) is 0 Å². The Labute approximate surface area is 137 Å². The summed E-state index contributed by atoms with van der Waals surface area (Å²) in [4.78, 5) is 11.2. The molecule has 0 bridgehead atoms. The van der Waals surface area contributed by atoms with E-state index in [2.05, 4.69) is 11.7 Å². The van der Waals surface area contributed by atoms with Crippen LogP contribution in [0.1, 0.15) is 21.7 Å². The zero-order chi connectivity index (χ0) is 15.9. The number of benzene rings is 1. The smallest absolute Gasteiger partial charge is 0.152 e. The SMILES string of the molecule is C=Cc1c(C=O)ccc2c(-c3cc(Cl)cc(Cl)c3)c(C)nn12. The second kappa shape index (κ2) is 5.59. The van der Waals surface area contributed by atoms with Crippen LogP contribution in [0.25, 0.3) is 22.7 Å². The van der Waals surface area contributed by atoms with E-state index >= 15 is 0 Å². The molecule has 0 amide bonds. The van der Waals surface area contributed by atoms with Crippen LogP contribution in [0.5, 0.6) is 0 Å². The van der Waals surface area contributed by atoms with Gasteiger partial charge >= 0.3 is 0 Å². The predicted octanol–water partition coefficient (Wildman–Crippen LogP) is 5.07. The summed E-state index contributed by atoms with van der Waals surface area (Å²) >= 11 is 12.2. The van der Waals surface area contributed by atoms with Crippen LogP contribution in [0.3, 0.4) is 0 Å². The van der Waals surface area contributed by atoms with Gasteiger partial charge in [0.2, 0.25) is 0 Å². The largest absolute Gasteiger partial charge is 0.298 e. The second-order valence-electron chi connectivity index (χ2n) is 4.91. The van der Waals surface area contributed by atoms with Crippen LogP contribution < -0.4 is 0 Å². The van der Waals surface area contributed by atoms with Crippen molar-refractivity contribution in [1.82, 2.24) is 9.61 Å². The summed E-state index contributed by atoms with van der Waals surface area (Å²) in [5, 5.41) is 5.66. The highest BCUT2D eigenvalue weighted by Crippen LogP contribution is 2.33. The van der Waals surface area contributed by atoms with Crippen LogP contribution >= 0.6 is 23.2 Å². The number of hydrogen-bond donors (Lipinski definition) is 0. The average Bonchev–Trinajstić information content (AvgIpc) is 2.80. The van der Waals surface area contributed by atoms with E-state index in [1.54, 1.807) is 22.7 Å². The molecule has 5 heteroatoms. The molecule has 0 aliphatic rings.